The molecule has 0 amide bonds. The Morgan fingerprint density at radius 3 is 2.42 bits per heavy atom. The number of hydrogen-bond acceptors (Lipinski definition) is 2. The summed E-state index contributed by atoms with van der Waals surface area (Å²) in [6, 6.07) is 10.0. The van der Waals surface area contributed by atoms with Gasteiger partial charge in [0, 0.05) is 6.04 Å². The first-order valence-corrected chi connectivity index (χ1v) is 6.77. The molecule has 3 heteroatoms. The molecule has 19 heavy (non-hydrogen) atoms. The highest BCUT2D eigenvalue weighted by atomic mass is 16.4. The Kier molecular flexibility index (Phi) is 4.05. The number of carboxylic acid groups (broad SMARTS) is 1. The van der Waals surface area contributed by atoms with Crippen molar-refractivity contribution in [2.45, 2.75) is 38.6 Å². The Labute approximate surface area is 114 Å². The lowest BCUT2D eigenvalue weighted by atomic mass is 9.68. The largest absolute Gasteiger partial charge is 0.481 e. The highest BCUT2D eigenvalue weighted by Gasteiger charge is 2.42. The van der Waals surface area contributed by atoms with Gasteiger partial charge in [0.15, 0.2) is 0 Å². The number of aliphatic carboxylic acids is 1. The number of carboxylic acids is 1. The van der Waals surface area contributed by atoms with Crippen LogP contribution in [0.1, 0.15) is 38.2 Å². The molecule has 1 saturated carbocycles. The summed E-state index contributed by atoms with van der Waals surface area (Å²) in [5.41, 5.74) is 7.15. The Morgan fingerprint density at radius 2 is 1.89 bits per heavy atom. The zero-order valence-electron chi connectivity index (χ0n) is 11.3. The summed E-state index contributed by atoms with van der Waals surface area (Å²) in [7, 11) is 0. The first kappa shape index (κ1) is 13.8. The highest BCUT2D eigenvalue weighted by Crippen LogP contribution is 2.43. The van der Waals surface area contributed by atoms with Crippen LogP contribution in [0.5, 0.6) is 0 Å². The van der Waals surface area contributed by atoms with Crippen LogP contribution in [0.2, 0.25) is 0 Å². The van der Waals surface area contributed by atoms with E-state index in [4.69, 9.17) is 5.73 Å². The fourth-order valence-corrected chi connectivity index (χ4v) is 2.85. The molecule has 0 spiro atoms. The van der Waals surface area contributed by atoms with Crippen LogP contribution in [0.4, 0.5) is 0 Å². The number of nitrogens with two attached hydrogens (primary N) is 1. The summed E-state index contributed by atoms with van der Waals surface area (Å²) in [4.78, 5) is 11.7. The lowest BCUT2D eigenvalue weighted by molar-refractivity contribution is -0.148. The zero-order chi connectivity index (χ0) is 13.9. The van der Waals surface area contributed by atoms with Crippen molar-refractivity contribution in [1.82, 2.24) is 0 Å². The third kappa shape index (κ3) is 2.87. The van der Waals surface area contributed by atoms with Crippen molar-refractivity contribution >= 4 is 12.0 Å². The average molecular weight is 259 g/mol. The minimum Gasteiger partial charge on any atom is -0.481 e. The molecule has 1 aromatic carbocycles. The van der Waals surface area contributed by atoms with Crippen molar-refractivity contribution in [1.29, 1.82) is 0 Å². The summed E-state index contributed by atoms with van der Waals surface area (Å²) in [5, 5.41) is 9.64. The summed E-state index contributed by atoms with van der Waals surface area (Å²) < 4.78 is 0. The number of carbonyl (C=O) groups is 1. The van der Waals surface area contributed by atoms with Gasteiger partial charge in [-0.15, -0.1) is 0 Å². The summed E-state index contributed by atoms with van der Waals surface area (Å²) in [6.45, 7) is 1.93. The second-order valence-corrected chi connectivity index (χ2v) is 5.46. The molecule has 1 aliphatic carbocycles. The predicted molar refractivity (Wildman–Crippen MR) is 76.6 cm³/mol. The smallest absolute Gasteiger partial charge is 0.313 e. The third-order valence-corrected chi connectivity index (χ3v) is 4.23. The zero-order valence-corrected chi connectivity index (χ0v) is 11.3. The Morgan fingerprint density at radius 1 is 1.32 bits per heavy atom. The van der Waals surface area contributed by atoms with Crippen LogP contribution in [-0.2, 0) is 4.79 Å². The van der Waals surface area contributed by atoms with Crippen molar-refractivity contribution in [3.63, 3.8) is 0 Å². The molecule has 0 bridgehead atoms. The van der Waals surface area contributed by atoms with Crippen LogP contribution in [0.25, 0.3) is 6.08 Å². The maximum Gasteiger partial charge on any atom is 0.313 e. The second-order valence-electron chi connectivity index (χ2n) is 5.46. The van der Waals surface area contributed by atoms with Gasteiger partial charge in [-0.05, 0) is 38.2 Å². The van der Waals surface area contributed by atoms with Gasteiger partial charge >= 0.3 is 5.97 Å². The summed E-state index contributed by atoms with van der Waals surface area (Å²) in [5.74, 6) is -0.718. The lowest BCUT2D eigenvalue weighted by Crippen LogP contribution is -2.40. The summed E-state index contributed by atoms with van der Waals surface area (Å²) >= 11 is 0. The van der Waals surface area contributed by atoms with E-state index in [1.54, 1.807) is 0 Å². The van der Waals surface area contributed by atoms with Crippen LogP contribution in [0, 0.1) is 5.41 Å². The van der Waals surface area contributed by atoms with Crippen LogP contribution < -0.4 is 5.73 Å². The molecule has 0 saturated heterocycles. The highest BCUT2D eigenvalue weighted by molar-refractivity contribution is 5.80. The molecule has 102 valence electrons. The van der Waals surface area contributed by atoms with Gasteiger partial charge < -0.3 is 10.8 Å². The van der Waals surface area contributed by atoms with Gasteiger partial charge in [0.05, 0.1) is 5.41 Å². The van der Waals surface area contributed by atoms with Crippen LogP contribution in [-0.4, -0.2) is 17.1 Å². The van der Waals surface area contributed by atoms with Gasteiger partial charge in [-0.3, -0.25) is 4.79 Å². The SMILES string of the molecule is C/C(=C\c1ccccc1)C1(C(=O)O)CCC(N)CC1. The standard InChI is InChI=1S/C16H21NO2/c1-12(11-13-5-3-2-4-6-13)16(15(18)19)9-7-14(17)8-10-16/h2-6,11,14H,7-10,17H2,1H3,(H,18,19)/b12-11+. The molecule has 0 unspecified atom stereocenters. The molecule has 3 nitrogen and oxygen atoms in total. The van der Waals surface area contributed by atoms with Crippen LogP contribution >= 0.6 is 0 Å². The Bertz CT molecular complexity index is 471. The molecule has 0 aromatic heterocycles. The first-order valence-electron chi connectivity index (χ1n) is 6.77. The van der Waals surface area contributed by atoms with Gasteiger partial charge in [0.1, 0.15) is 0 Å². The van der Waals surface area contributed by atoms with E-state index in [1.807, 2.05) is 43.3 Å². The van der Waals surface area contributed by atoms with Gasteiger partial charge in [0.2, 0.25) is 0 Å². The predicted octanol–water partition coefficient (Wildman–Crippen LogP) is 3.06. The van der Waals surface area contributed by atoms with E-state index < -0.39 is 11.4 Å². The van der Waals surface area contributed by atoms with E-state index in [0.29, 0.717) is 12.8 Å². The van der Waals surface area contributed by atoms with Crippen molar-refractivity contribution in [3.05, 3.63) is 41.5 Å². The van der Waals surface area contributed by atoms with E-state index in [2.05, 4.69) is 0 Å². The molecule has 1 aromatic rings. The van der Waals surface area contributed by atoms with Crippen molar-refractivity contribution < 1.29 is 9.90 Å². The Hall–Kier alpha value is -1.61. The first-order chi connectivity index (χ1) is 9.04. The molecule has 2 rings (SSSR count). The molecule has 0 atom stereocenters. The number of rotatable bonds is 3. The quantitative estimate of drug-likeness (QED) is 0.877. The minimum atomic E-state index is -0.730. The monoisotopic (exact) mass is 259 g/mol. The van der Waals surface area contributed by atoms with E-state index in [1.165, 1.54) is 0 Å². The topological polar surface area (TPSA) is 63.3 Å². The second kappa shape index (κ2) is 5.57. The molecular formula is C16H21NO2. The molecule has 0 radical (unpaired) electrons. The van der Waals surface area contributed by atoms with E-state index in [-0.39, 0.29) is 6.04 Å². The lowest BCUT2D eigenvalue weighted by Gasteiger charge is -2.36. The maximum atomic E-state index is 11.7. The van der Waals surface area contributed by atoms with Gasteiger partial charge in [-0.2, -0.15) is 0 Å². The number of benzene rings is 1. The van der Waals surface area contributed by atoms with E-state index in [9.17, 15) is 9.90 Å². The van der Waals surface area contributed by atoms with Crippen molar-refractivity contribution in [3.8, 4) is 0 Å². The van der Waals surface area contributed by atoms with E-state index in [0.717, 1.165) is 24.0 Å². The van der Waals surface area contributed by atoms with Gasteiger partial charge in [-0.1, -0.05) is 42.0 Å². The van der Waals surface area contributed by atoms with Crippen molar-refractivity contribution in [2.24, 2.45) is 11.1 Å². The number of hydrogen-bond donors (Lipinski definition) is 2. The fraction of sp³-hybridized carbons (Fsp3) is 0.438. The molecule has 3 N–H and O–H groups in total. The fourth-order valence-electron chi connectivity index (χ4n) is 2.85. The molecule has 1 aliphatic rings. The maximum absolute atomic E-state index is 11.7. The molecule has 1 fully saturated rings. The third-order valence-electron chi connectivity index (χ3n) is 4.23. The molecule has 0 aliphatic heterocycles. The molecule has 0 heterocycles. The van der Waals surface area contributed by atoms with Crippen molar-refractivity contribution in [2.75, 3.05) is 0 Å². The normalized spacial score (nSPS) is 28.1. The minimum absolute atomic E-state index is 0.150. The van der Waals surface area contributed by atoms with Crippen LogP contribution in [0.15, 0.2) is 35.9 Å². The van der Waals surface area contributed by atoms with Gasteiger partial charge in [0.25, 0.3) is 0 Å². The Balaban J connectivity index is 2.29. The molecular weight excluding hydrogens is 238 g/mol. The average Bonchev–Trinajstić information content (AvgIpc) is 2.40. The summed E-state index contributed by atoms with van der Waals surface area (Å²) in [6.07, 6.45) is 4.83. The van der Waals surface area contributed by atoms with E-state index >= 15 is 0 Å². The van der Waals surface area contributed by atoms with Crippen LogP contribution in [0.3, 0.4) is 0 Å². The van der Waals surface area contributed by atoms with Gasteiger partial charge in [-0.25, -0.2) is 0 Å².